The van der Waals surface area contributed by atoms with Crippen LogP contribution in [0.4, 0.5) is 13.2 Å². The molecule has 0 radical (unpaired) electrons. The van der Waals surface area contributed by atoms with Crippen molar-refractivity contribution in [3.63, 3.8) is 0 Å². The molecule has 3 unspecified atom stereocenters. The summed E-state index contributed by atoms with van der Waals surface area (Å²) in [7, 11) is 0. The summed E-state index contributed by atoms with van der Waals surface area (Å²) >= 11 is 0. The SMILES string of the molecule is C=C/C=C(\C=C)C1C(O)[C@@H]1C(O)C(F)(F)F. The van der Waals surface area contributed by atoms with Crippen molar-refractivity contribution in [2.45, 2.75) is 18.4 Å². The molecule has 0 saturated heterocycles. The van der Waals surface area contributed by atoms with Gasteiger partial charge in [-0.15, -0.1) is 0 Å². The minimum absolute atomic E-state index is 0.454. The molecule has 16 heavy (non-hydrogen) atoms. The van der Waals surface area contributed by atoms with E-state index in [1.807, 2.05) is 0 Å². The largest absolute Gasteiger partial charge is 0.414 e. The van der Waals surface area contributed by atoms with Crippen LogP contribution in [0.1, 0.15) is 0 Å². The van der Waals surface area contributed by atoms with E-state index >= 15 is 0 Å². The fourth-order valence-electron chi connectivity index (χ4n) is 1.79. The summed E-state index contributed by atoms with van der Waals surface area (Å²) in [6.45, 7) is 6.85. The van der Waals surface area contributed by atoms with Crippen molar-refractivity contribution in [2.75, 3.05) is 0 Å². The summed E-state index contributed by atoms with van der Waals surface area (Å²) in [4.78, 5) is 0. The van der Waals surface area contributed by atoms with Gasteiger partial charge in [0, 0.05) is 11.8 Å². The normalized spacial score (nSPS) is 32.1. The molecule has 1 fully saturated rings. The first-order chi connectivity index (χ1) is 7.34. The van der Waals surface area contributed by atoms with Crippen LogP contribution in [0.3, 0.4) is 0 Å². The lowest BCUT2D eigenvalue weighted by Crippen LogP contribution is -2.32. The van der Waals surface area contributed by atoms with Gasteiger partial charge in [0.1, 0.15) is 0 Å². The monoisotopic (exact) mass is 234 g/mol. The average Bonchev–Trinajstić information content (AvgIpc) is 2.83. The van der Waals surface area contributed by atoms with Crippen LogP contribution in [0, 0.1) is 11.8 Å². The van der Waals surface area contributed by atoms with Gasteiger partial charge in [0.2, 0.25) is 0 Å². The van der Waals surface area contributed by atoms with Crippen LogP contribution in [-0.2, 0) is 0 Å². The molecule has 0 aromatic rings. The van der Waals surface area contributed by atoms with Gasteiger partial charge in [-0.2, -0.15) is 13.2 Å². The molecule has 1 aliphatic carbocycles. The van der Waals surface area contributed by atoms with Crippen molar-refractivity contribution in [1.82, 2.24) is 0 Å². The number of rotatable bonds is 4. The highest BCUT2D eigenvalue weighted by atomic mass is 19.4. The average molecular weight is 234 g/mol. The van der Waals surface area contributed by atoms with Gasteiger partial charge in [-0.25, -0.2) is 0 Å². The molecular formula is C11H13F3O2. The molecule has 0 spiro atoms. The van der Waals surface area contributed by atoms with E-state index in [0.29, 0.717) is 5.57 Å². The zero-order chi connectivity index (χ0) is 12.5. The molecule has 1 rings (SSSR count). The first kappa shape index (κ1) is 13.0. The van der Waals surface area contributed by atoms with Gasteiger partial charge in [-0.3, -0.25) is 0 Å². The van der Waals surface area contributed by atoms with Crippen LogP contribution in [0.2, 0.25) is 0 Å². The maximum atomic E-state index is 12.2. The first-order valence-electron chi connectivity index (χ1n) is 4.72. The van der Waals surface area contributed by atoms with Crippen molar-refractivity contribution < 1.29 is 23.4 Å². The predicted molar refractivity (Wildman–Crippen MR) is 53.5 cm³/mol. The van der Waals surface area contributed by atoms with Crippen LogP contribution in [0.5, 0.6) is 0 Å². The van der Waals surface area contributed by atoms with E-state index in [2.05, 4.69) is 13.2 Å². The van der Waals surface area contributed by atoms with Crippen LogP contribution in [0.15, 0.2) is 37.0 Å². The fourth-order valence-corrected chi connectivity index (χ4v) is 1.79. The zero-order valence-corrected chi connectivity index (χ0v) is 8.48. The highest BCUT2D eigenvalue weighted by molar-refractivity contribution is 5.32. The van der Waals surface area contributed by atoms with Crippen LogP contribution in [-0.4, -0.2) is 28.6 Å². The van der Waals surface area contributed by atoms with Crippen LogP contribution < -0.4 is 0 Å². The molecule has 1 aliphatic rings. The number of halogens is 3. The molecule has 2 N–H and O–H groups in total. The maximum Gasteiger partial charge on any atom is 0.414 e. The second-order valence-electron chi connectivity index (χ2n) is 3.69. The molecule has 0 heterocycles. The molecule has 0 aromatic heterocycles. The standard InChI is InChI=1S/C11H13F3O2/c1-3-5-6(4-2)7-8(9(7)15)10(16)11(12,13)14/h3-5,7-10,15-16H,1-2H2/b6-5+/t7?,8-,9?,10?/m1/s1. The highest BCUT2D eigenvalue weighted by Crippen LogP contribution is 2.50. The maximum absolute atomic E-state index is 12.2. The Morgan fingerprint density at radius 1 is 1.31 bits per heavy atom. The number of hydrogen-bond donors (Lipinski definition) is 2. The summed E-state index contributed by atoms with van der Waals surface area (Å²) in [6, 6.07) is 0. The molecular weight excluding hydrogens is 221 g/mol. The molecule has 2 nitrogen and oxygen atoms in total. The molecule has 0 amide bonds. The summed E-state index contributed by atoms with van der Waals surface area (Å²) in [5.74, 6) is -1.92. The van der Waals surface area contributed by atoms with Crippen molar-refractivity contribution in [3.8, 4) is 0 Å². The van der Waals surface area contributed by atoms with Gasteiger partial charge in [-0.05, 0) is 5.57 Å². The number of alkyl halides is 3. The number of hydrogen-bond acceptors (Lipinski definition) is 2. The zero-order valence-electron chi connectivity index (χ0n) is 8.48. The molecule has 0 aliphatic heterocycles. The number of allylic oxidation sites excluding steroid dienone is 3. The van der Waals surface area contributed by atoms with Gasteiger partial charge in [0.25, 0.3) is 0 Å². The lowest BCUT2D eigenvalue weighted by Gasteiger charge is -2.13. The Hall–Kier alpha value is -1.07. The Morgan fingerprint density at radius 2 is 1.88 bits per heavy atom. The van der Waals surface area contributed by atoms with Crippen LogP contribution >= 0.6 is 0 Å². The van der Waals surface area contributed by atoms with Gasteiger partial charge in [0.15, 0.2) is 6.10 Å². The second-order valence-corrected chi connectivity index (χ2v) is 3.69. The summed E-state index contributed by atoms with van der Waals surface area (Å²) in [5, 5.41) is 18.4. The molecule has 0 bridgehead atoms. The topological polar surface area (TPSA) is 40.5 Å². The first-order valence-corrected chi connectivity index (χ1v) is 4.72. The Balaban J connectivity index is 2.79. The number of aliphatic hydroxyl groups excluding tert-OH is 2. The smallest absolute Gasteiger partial charge is 0.392 e. The van der Waals surface area contributed by atoms with Crippen molar-refractivity contribution in [1.29, 1.82) is 0 Å². The minimum Gasteiger partial charge on any atom is -0.392 e. The fraction of sp³-hybridized carbons (Fsp3) is 0.455. The van der Waals surface area contributed by atoms with Gasteiger partial charge >= 0.3 is 6.18 Å². The van der Waals surface area contributed by atoms with Crippen molar-refractivity contribution in [3.05, 3.63) is 37.0 Å². The summed E-state index contributed by atoms with van der Waals surface area (Å²) in [5.41, 5.74) is 0.454. The van der Waals surface area contributed by atoms with E-state index in [1.165, 1.54) is 18.2 Å². The molecule has 5 heteroatoms. The molecule has 0 aromatic carbocycles. The van der Waals surface area contributed by atoms with E-state index in [9.17, 15) is 18.3 Å². The van der Waals surface area contributed by atoms with E-state index < -0.39 is 30.2 Å². The van der Waals surface area contributed by atoms with Crippen molar-refractivity contribution in [2.24, 2.45) is 11.8 Å². The lowest BCUT2D eigenvalue weighted by atomic mass is 10.1. The second kappa shape index (κ2) is 4.43. The summed E-state index contributed by atoms with van der Waals surface area (Å²) < 4.78 is 36.6. The van der Waals surface area contributed by atoms with Gasteiger partial charge in [-0.1, -0.05) is 31.4 Å². The number of aliphatic hydroxyl groups is 2. The van der Waals surface area contributed by atoms with E-state index in [4.69, 9.17) is 5.11 Å². The predicted octanol–water partition coefficient (Wildman–Crippen LogP) is 1.81. The Bertz CT molecular complexity index is 320. The third-order valence-corrected chi connectivity index (χ3v) is 2.67. The van der Waals surface area contributed by atoms with Crippen molar-refractivity contribution >= 4 is 0 Å². The molecule has 1 saturated carbocycles. The Kier molecular flexibility index (Phi) is 3.60. The Morgan fingerprint density at radius 3 is 2.25 bits per heavy atom. The quantitative estimate of drug-likeness (QED) is 0.728. The van der Waals surface area contributed by atoms with E-state index in [0.717, 1.165) is 0 Å². The summed E-state index contributed by atoms with van der Waals surface area (Å²) in [6.07, 6.45) is -4.15. The van der Waals surface area contributed by atoms with E-state index in [-0.39, 0.29) is 0 Å². The van der Waals surface area contributed by atoms with Crippen LogP contribution in [0.25, 0.3) is 0 Å². The minimum atomic E-state index is -4.71. The molecule has 4 atom stereocenters. The van der Waals surface area contributed by atoms with Gasteiger partial charge < -0.3 is 10.2 Å². The Labute approximate surface area is 91.4 Å². The van der Waals surface area contributed by atoms with E-state index in [1.54, 1.807) is 0 Å². The third-order valence-electron chi connectivity index (χ3n) is 2.67. The third kappa shape index (κ3) is 2.36. The molecule has 90 valence electrons. The lowest BCUT2D eigenvalue weighted by molar-refractivity contribution is -0.212. The van der Waals surface area contributed by atoms with Gasteiger partial charge in [0.05, 0.1) is 6.10 Å². The highest BCUT2D eigenvalue weighted by Gasteiger charge is 2.61.